The number of rotatable bonds is 4. The first-order chi connectivity index (χ1) is 13.5. The summed E-state index contributed by atoms with van der Waals surface area (Å²) in [6.07, 6.45) is 1.65. The number of halogens is 1. The quantitative estimate of drug-likeness (QED) is 0.703. The summed E-state index contributed by atoms with van der Waals surface area (Å²) in [6, 6.07) is 7.28. The lowest BCUT2D eigenvalue weighted by Gasteiger charge is -2.35. The molecule has 1 aromatic carbocycles. The number of thiophene rings is 1. The molecule has 146 valence electrons. The molecule has 0 atom stereocenters. The van der Waals surface area contributed by atoms with Gasteiger partial charge in [0.15, 0.2) is 0 Å². The van der Waals surface area contributed by atoms with Crippen molar-refractivity contribution in [2.75, 3.05) is 42.9 Å². The molecule has 0 spiro atoms. The molecular weight excluding hydrogens is 394 g/mol. The molecule has 0 unspecified atom stereocenters. The normalized spacial score (nSPS) is 15.2. The van der Waals surface area contributed by atoms with Gasteiger partial charge in [-0.1, -0.05) is 23.7 Å². The van der Waals surface area contributed by atoms with Gasteiger partial charge in [0.2, 0.25) is 5.91 Å². The van der Waals surface area contributed by atoms with E-state index in [2.05, 4.69) is 38.9 Å². The Morgan fingerprint density at radius 3 is 2.68 bits per heavy atom. The molecule has 1 amide bonds. The summed E-state index contributed by atoms with van der Waals surface area (Å²) in [5.41, 5.74) is 1.91. The number of hydrogen-bond donors (Lipinski definition) is 1. The molecule has 8 heteroatoms. The highest BCUT2D eigenvalue weighted by Gasteiger charge is 2.23. The Hall–Kier alpha value is -2.22. The van der Waals surface area contributed by atoms with Crippen molar-refractivity contribution < 1.29 is 4.79 Å². The molecule has 1 saturated heterocycles. The second kappa shape index (κ2) is 8.03. The number of nitrogens with one attached hydrogen (secondary N) is 1. The number of hydrogen-bond acceptors (Lipinski definition) is 6. The van der Waals surface area contributed by atoms with E-state index < -0.39 is 0 Å². The molecule has 1 aliphatic rings. The number of amides is 1. The summed E-state index contributed by atoms with van der Waals surface area (Å²) in [7, 11) is 0. The molecule has 1 N–H and O–H groups in total. The second-order valence-electron chi connectivity index (χ2n) is 6.95. The van der Waals surface area contributed by atoms with Crippen LogP contribution in [0.3, 0.4) is 0 Å². The minimum Gasteiger partial charge on any atom is -0.353 e. The molecule has 0 bridgehead atoms. The van der Waals surface area contributed by atoms with Gasteiger partial charge in [0.1, 0.15) is 17.0 Å². The maximum absolute atomic E-state index is 12.4. The van der Waals surface area contributed by atoms with Crippen LogP contribution in [0.5, 0.6) is 0 Å². The van der Waals surface area contributed by atoms with E-state index in [-0.39, 0.29) is 5.91 Å². The molecule has 0 radical (unpaired) electrons. The van der Waals surface area contributed by atoms with Gasteiger partial charge < -0.3 is 10.2 Å². The first-order valence-electron chi connectivity index (χ1n) is 9.25. The third-order valence-electron chi connectivity index (χ3n) is 5.13. The summed E-state index contributed by atoms with van der Waals surface area (Å²) in [5, 5.41) is 4.60. The lowest BCUT2D eigenvalue weighted by Crippen LogP contribution is -2.49. The minimum absolute atomic E-state index is 0.0460. The van der Waals surface area contributed by atoms with Gasteiger partial charge in [-0.3, -0.25) is 9.69 Å². The van der Waals surface area contributed by atoms with Crippen molar-refractivity contribution in [1.82, 2.24) is 14.9 Å². The Morgan fingerprint density at radius 2 is 1.93 bits per heavy atom. The SMILES string of the molecule is Cc1sc2ncnc(N3CCN(CC(=O)Nc4ccccc4Cl)CC3)c2c1C. The number of para-hydroxylation sites is 1. The Kier molecular flexibility index (Phi) is 5.48. The average molecular weight is 416 g/mol. The van der Waals surface area contributed by atoms with Gasteiger partial charge in [0, 0.05) is 31.1 Å². The van der Waals surface area contributed by atoms with Crippen molar-refractivity contribution >= 4 is 50.6 Å². The van der Waals surface area contributed by atoms with Crippen molar-refractivity contribution in [2.45, 2.75) is 13.8 Å². The first-order valence-corrected chi connectivity index (χ1v) is 10.4. The predicted octanol–water partition coefficient (Wildman–Crippen LogP) is 3.72. The molecular formula is C20H22ClN5OS. The van der Waals surface area contributed by atoms with Crippen molar-refractivity contribution in [3.63, 3.8) is 0 Å². The Morgan fingerprint density at radius 1 is 1.18 bits per heavy atom. The van der Waals surface area contributed by atoms with Gasteiger partial charge in [-0.05, 0) is 31.5 Å². The van der Waals surface area contributed by atoms with E-state index >= 15 is 0 Å². The highest BCUT2D eigenvalue weighted by Crippen LogP contribution is 2.34. The van der Waals surface area contributed by atoms with Crippen LogP contribution in [-0.4, -0.2) is 53.5 Å². The smallest absolute Gasteiger partial charge is 0.238 e. The summed E-state index contributed by atoms with van der Waals surface area (Å²) < 4.78 is 0. The number of piperazine rings is 1. The number of anilines is 2. The van der Waals surface area contributed by atoms with Crippen LogP contribution in [0.15, 0.2) is 30.6 Å². The largest absolute Gasteiger partial charge is 0.353 e. The van der Waals surface area contributed by atoms with Crippen LogP contribution in [0.25, 0.3) is 10.2 Å². The molecule has 3 aromatic rings. The maximum Gasteiger partial charge on any atom is 0.238 e. The van der Waals surface area contributed by atoms with Crippen LogP contribution in [0, 0.1) is 13.8 Å². The van der Waals surface area contributed by atoms with E-state index in [1.54, 1.807) is 23.7 Å². The van der Waals surface area contributed by atoms with Crippen molar-refractivity contribution in [1.29, 1.82) is 0 Å². The Balaban J connectivity index is 1.39. The van der Waals surface area contributed by atoms with Crippen LogP contribution in [0.4, 0.5) is 11.5 Å². The van der Waals surface area contributed by atoms with Gasteiger partial charge in [0.25, 0.3) is 0 Å². The summed E-state index contributed by atoms with van der Waals surface area (Å²) in [4.78, 5) is 28.1. The Bertz CT molecular complexity index is 1010. The van der Waals surface area contributed by atoms with E-state index in [4.69, 9.17) is 11.6 Å². The molecule has 1 aliphatic heterocycles. The van der Waals surface area contributed by atoms with Gasteiger partial charge in [0.05, 0.1) is 22.6 Å². The average Bonchev–Trinajstić information content (AvgIpc) is 2.98. The lowest BCUT2D eigenvalue weighted by molar-refractivity contribution is -0.117. The lowest BCUT2D eigenvalue weighted by atomic mass is 10.2. The fourth-order valence-electron chi connectivity index (χ4n) is 3.48. The van der Waals surface area contributed by atoms with Gasteiger partial charge in [-0.2, -0.15) is 0 Å². The van der Waals surface area contributed by atoms with Gasteiger partial charge in [-0.15, -0.1) is 11.3 Å². The zero-order valence-electron chi connectivity index (χ0n) is 15.9. The second-order valence-corrected chi connectivity index (χ2v) is 8.56. The fraction of sp³-hybridized carbons (Fsp3) is 0.350. The summed E-state index contributed by atoms with van der Waals surface area (Å²) >= 11 is 7.83. The van der Waals surface area contributed by atoms with Crippen molar-refractivity contribution in [3.8, 4) is 0 Å². The highest BCUT2D eigenvalue weighted by atomic mass is 35.5. The van der Waals surface area contributed by atoms with Crippen LogP contribution in [0.1, 0.15) is 10.4 Å². The predicted molar refractivity (Wildman–Crippen MR) is 116 cm³/mol. The van der Waals surface area contributed by atoms with Crippen LogP contribution in [-0.2, 0) is 4.79 Å². The van der Waals surface area contributed by atoms with E-state index in [9.17, 15) is 4.79 Å². The molecule has 0 aliphatic carbocycles. The zero-order chi connectivity index (χ0) is 19.7. The molecule has 28 heavy (non-hydrogen) atoms. The molecule has 1 fully saturated rings. The third-order valence-corrected chi connectivity index (χ3v) is 6.58. The number of benzene rings is 1. The number of carbonyl (C=O) groups is 1. The molecule has 6 nitrogen and oxygen atoms in total. The van der Waals surface area contributed by atoms with E-state index in [1.807, 2.05) is 18.2 Å². The maximum atomic E-state index is 12.4. The van der Waals surface area contributed by atoms with Gasteiger partial charge >= 0.3 is 0 Å². The standard InChI is InChI=1S/C20H22ClN5OS/c1-13-14(2)28-20-18(13)19(22-12-23-20)26-9-7-25(8-10-26)11-17(27)24-16-6-4-3-5-15(16)21/h3-6,12H,7-11H2,1-2H3,(H,24,27). The number of fused-ring (bicyclic) bond motifs is 1. The minimum atomic E-state index is -0.0460. The van der Waals surface area contributed by atoms with Crippen molar-refractivity contribution in [2.24, 2.45) is 0 Å². The Labute approximate surface area is 173 Å². The number of aryl methyl sites for hydroxylation is 2. The first kappa shape index (κ1) is 19.1. The molecule has 2 aromatic heterocycles. The van der Waals surface area contributed by atoms with Gasteiger partial charge in [-0.25, -0.2) is 9.97 Å². The molecule has 3 heterocycles. The highest BCUT2D eigenvalue weighted by molar-refractivity contribution is 7.18. The van der Waals surface area contributed by atoms with E-state index in [0.717, 1.165) is 42.2 Å². The van der Waals surface area contributed by atoms with Crippen LogP contribution >= 0.6 is 22.9 Å². The van der Waals surface area contributed by atoms with Crippen LogP contribution < -0.4 is 10.2 Å². The third kappa shape index (κ3) is 3.83. The molecule has 0 saturated carbocycles. The van der Waals surface area contributed by atoms with Crippen LogP contribution in [0.2, 0.25) is 5.02 Å². The van der Waals surface area contributed by atoms with Crippen molar-refractivity contribution in [3.05, 3.63) is 46.1 Å². The number of aromatic nitrogens is 2. The summed E-state index contributed by atoms with van der Waals surface area (Å²) in [5.74, 6) is 0.960. The zero-order valence-corrected chi connectivity index (χ0v) is 17.5. The monoisotopic (exact) mass is 415 g/mol. The van der Waals surface area contributed by atoms with E-state index in [1.165, 1.54) is 10.4 Å². The van der Waals surface area contributed by atoms with E-state index in [0.29, 0.717) is 17.3 Å². The number of nitrogens with zero attached hydrogens (tertiary/aromatic N) is 4. The number of carbonyl (C=O) groups excluding carboxylic acids is 1. The summed E-state index contributed by atoms with van der Waals surface area (Å²) in [6.45, 7) is 7.90. The fourth-order valence-corrected chi connectivity index (χ4v) is 4.65. The molecule has 4 rings (SSSR count). The topological polar surface area (TPSA) is 61.4 Å².